The number of nitrogen functional groups attached to an aromatic ring is 1. The van der Waals surface area contributed by atoms with Crippen molar-refractivity contribution in [2.45, 2.75) is 31.6 Å². The lowest BCUT2D eigenvalue weighted by Crippen LogP contribution is -2.23. The maximum Gasteiger partial charge on any atom is 0.435 e. The fourth-order valence-corrected chi connectivity index (χ4v) is 2.89. The van der Waals surface area contributed by atoms with Crippen LogP contribution in [-0.2, 0) is 6.18 Å². The van der Waals surface area contributed by atoms with Crippen LogP contribution in [0.2, 0.25) is 0 Å². The Labute approximate surface area is 143 Å². The van der Waals surface area contributed by atoms with Gasteiger partial charge in [-0.15, -0.1) is 0 Å². The van der Waals surface area contributed by atoms with Crippen LogP contribution in [-0.4, -0.2) is 25.9 Å². The van der Waals surface area contributed by atoms with Gasteiger partial charge in [0, 0.05) is 12.4 Å². The summed E-state index contributed by atoms with van der Waals surface area (Å²) in [5.74, 6) is -2.47. The van der Waals surface area contributed by atoms with Crippen LogP contribution in [0, 0.1) is 5.92 Å². The zero-order valence-corrected chi connectivity index (χ0v) is 13.1. The molecular formula is C15H13F6N5. The van der Waals surface area contributed by atoms with Gasteiger partial charge in [-0.1, -0.05) is 6.08 Å². The molecule has 2 N–H and O–H groups in total. The maximum absolute atomic E-state index is 13.4. The molecular weight excluding hydrogens is 364 g/mol. The van der Waals surface area contributed by atoms with Gasteiger partial charge >= 0.3 is 12.4 Å². The molecule has 2 aromatic rings. The van der Waals surface area contributed by atoms with E-state index in [1.165, 1.54) is 18.5 Å². The Hall–Kier alpha value is -2.59. The van der Waals surface area contributed by atoms with Crippen LogP contribution in [0.1, 0.15) is 30.5 Å². The molecule has 1 aliphatic carbocycles. The number of hydrogen-bond acceptors (Lipinski definition) is 4. The van der Waals surface area contributed by atoms with E-state index in [2.05, 4.69) is 15.1 Å². The smallest absolute Gasteiger partial charge is 0.383 e. The highest BCUT2D eigenvalue weighted by Gasteiger charge is 2.43. The summed E-state index contributed by atoms with van der Waals surface area (Å²) < 4.78 is 79.9. The second-order valence-electron chi connectivity index (χ2n) is 5.80. The van der Waals surface area contributed by atoms with Gasteiger partial charge in [0.05, 0.1) is 11.5 Å². The van der Waals surface area contributed by atoms with E-state index in [0.717, 1.165) is 6.08 Å². The molecule has 3 rings (SSSR count). The number of halogens is 6. The first-order valence-electron chi connectivity index (χ1n) is 7.60. The average molecular weight is 377 g/mol. The molecule has 2 aromatic heterocycles. The SMILES string of the molecule is Nc1c(C2=CC(C(F)(F)F)CCC2)c(C(F)(F)F)nn1-c1ncccn1. The Morgan fingerprint density at radius 1 is 1.08 bits per heavy atom. The van der Waals surface area contributed by atoms with E-state index in [0.29, 0.717) is 4.68 Å². The third kappa shape index (κ3) is 3.37. The van der Waals surface area contributed by atoms with Crippen molar-refractivity contribution in [3.8, 4) is 5.95 Å². The van der Waals surface area contributed by atoms with Gasteiger partial charge in [0.25, 0.3) is 5.95 Å². The lowest BCUT2D eigenvalue weighted by atomic mass is 9.86. The lowest BCUT2D eigenvalue weighted by molar-refractivity contribution is -0.163. The highest BCUT2D eigenvalue weighted by molar-refractivity contribution is 5.77. The Bertz CT molecular complexity index is 822. The summed E-state index contributed by atoms with van der Waals surface area (Å²) in [6, 6.07) is 1.45. The fraction of sp³-hybridized carbons (Fsp3) is 0.400. The van der Waals surface area contributed by atoms with Crippen molar-refractivity contribution in [3.05, 3.63) is 35.8 Å². The number of allylic oxidation sites excluding steroid dienone is 2. The minimum absolute atomic E-state index is 0.0429. The van der Waals surface area contributed by atoms with Crippen molar-refractivity contribution in [2.24, 2.45) is 5.92 Å². The molecule has 140 valence electrons. The molecule has 1 aliphatic rings. The number of anilines is 1. The van der Waals surface area contributed by atoms with Crippen LogP contribution in [0.15, 0.2) is 24.5 Å². The number of nitrogens with zero attached hydrogens (tertiary/aromatic N) is 4. The van der Waals surface area contributed by atoms with Crippen LogP contribution in [0.3, 0.4) is 0 Å². The van der Waals surface area contributed by atoms with Gasteiger partial charge in [-0.3, -0.25) is 0 Å². The van der Waals surface area contributed by atoms with E-state index in [9.17, 15) is 26.3 Å². The van der Waals surface area contributed by atoms with Crippen LogP contribution < -0.4 is 5.73 Å². The molecule has 0 amide bonds. The van der Waals surface area contributed by atoms with Crippen molar-refractivity contribution < 1.29 is 26.3 Å². The van der Waals surface area contributed by atoms with Crippen molar-refractivity contribution in [3.63, 3.8) is 0 Å². The highest BCUT2D eigenvalue weighted by Crippen LogP contribution is 2.44. The number of alkyl halides is 6. The summed E-state index contributed by atoms with van der Waals surface area (Å²) in [5.41, 5.74) is 3.80. The first kappa shape index (κ1) is 18.2. The quantitative estimate of drug-likeness (QED) is 0.803. The Kier molecular flexibility index (Phi) is 4.41. The predicted octanol–water partition coefficient (Wildman–Crippen LogP) is 4.01. The summed E-state index contributed by atoms with van der Waals surface area (Å²) >= 11 is 0. The van der Waals surface area contributed by atoms with E-state index in [-0.39, 0.29) is 30.8 Å². The highest BCUT2D eigenvalue weighted by atomic mass is 19.4. The van der Waals surface area contributed by atoms with Gasteiger partial charge in [-0.05, 0) is 30.9 Å². The standard InChI is InChI=1S/C15H13F6N5/c16-14(17,18)9-4-1-3-8(7-9)10-11(15(19,20)21)25-26(12(10)22)13-23-5-2-6-24-13/h2,5-7,9H,1,3-4,22H2. The molecule has 2 heterocycles. The van der Waals surface area contributed by atoms with Crippen LogP contribution in [0.25, 0.3) is 11.5 Å². The topological polar surface area (TPSA) is 69.6 Å². The summed E-state index contributed by atoms with van der Waals surface area (Å²) in [6.07, 6.45) is -6.08. The second kappa shape index (κ2) is 6.29. The number of nitrogens with two attached hydrogens (primary N) is 1. The maximum atomic E-state index is 13.4. The lowest BCUT2D eigenvalue weighted by Gasteiger charge is -2.23. The Morgan fingerprint density at radius 2 is 1.73 bits per heavy atom. The molecule has 0 fully saturated rings. The molecule has 1 atom stereocenters. The van der Waals surface area contributed by atoms with Crippen LogP contribution in [0.4, 0.5) is 32.2 Å². The van der Waals surface area contributed by atoms with Crippen molar-refractivity contribution in [1.82, 2.24) is 19.7 Å². The van der Waals surface area contributed by atoms with E-state index >= 15 is 0 Å². The Balaban J connectivity index is 2.17. The molecule has 0 saturated heterocycles. The van der Waals surface area contributed by atoms with Crippen LogP contribution in [0.5, 0.6) is 0 Å². The zero-order valence-electron chi connectivity index (χ0n) is 13.1. The predicted molar refractivity (Wildman–Crippen MR) is 79.9 cm³/mol. The van der Waals surface area contributed by atoms with E-state index in [4.69, 9.17) is 5.73 Å². The van der Waals surface area contributed by atoms with Gasteiger partial charge in [0.15, 0.2) is 5.69 Å². The molecule has 0 radical (unpaired) electrons. The molecule has 0 spiro atoms. The molecule has 5 nitrogen and oxygen atoms in total. The number of rotatable bonds is 2. The third-order valence-electron chi connectivity index (χ3n) is 4.04. The van der Waals surface area contributed by atoms with E-state index in [1.807, 2.05) is 0 Å². The summed E-state index contributed by atoms with van der Waals surface area (Å²) in [7, 11) is 0. The van der Waals surface area contributed by atoms with Gasteiger partial charge in [-0.25, -0.2) is 9.97 Å². The zero-order chi connectivity index (χ0) is 19.1. The molecule has 1 unspecified atom stereocenters. The average Bonchev–Trinajstić information content (AvgIpc) is 2.93. The van der Waals surface area contributed by atoms with Gasteiger partial charge in [0.2, 0.25) is 0 Å². The molecule has 0 saturated carbocycles. The van der Waals surface area contributed by atoms with E-state index < -0.39 is 35.3 Å². The van der Waals surface area contributed by atoms with Crippen molar-refractivity contribution in [1.29, 1.82) is 0 Å². The largest absolute Gasteiger partial charge is 0.435 e. The second-order valence-corrected chi connectivity index (χ2v) is 5.80. The van der Waals surface area contributed by atoms with Crippen LogP contribution >= 0.6 is 0 Å². The van der Waals surface area contributed by atoms with Gasteiger partial charge < -0.3 is 5.73 Å². The number of aromatic nitrogens is 4. The third-order valence-corrected chi connectivity index (χ3v) is 4.04. The normalized spacial score (nSPS) is 18.7. The molecule has 0 bridgehead atoms. The fourth-order valence-electron chi connectivity index (χ4n) is 2.89. The summed E-state index contributed by atoms with van der Waals surface area (Å²) in [4.78, 5) is 7.58. The van der Waals surface area contributed by atoms with Crippen molar-refractivity contribution >= 4 is 11.4 Å². The van der Waals surface area contributed by atoms with Crippen molar-refractivity contribution in [2.75, 3.05) is 5.73 Å². The molecule has 0 aromatic carbocycles. The first-order chi connectivity index (χ1) is 12.1. The first-order valence-corrected chi connectivity index (χ1v) is 7.60. The van der Waals surface area contributed by atoms with E-state index in [1.54, 1.807) is 0 Å². The molecule has 11 heteroatoms. The van der Waals surface area contributed by atoms with Gasteiger partial charge in [0.1, 0.15) is 5.82 Å². The minimum atomic E-state index is -4.89. The number of hydrogen-bond donors (Lipinski definition) is 1. The molecule has 26 heavy (non-hydrogen) atoms. The van der Waals surface area contributed by atoms with Gasteiger partial charge in [-0.2, -0.15) is 36.1 Å². The Morgan fingerprint density at radius 3 is 2.31 bits per heavy atom. The minimum Gasteiger partial charge on any atom is -0.383 e. The summed E-state index contributed by atoms with van der Waals surface area (Å²) in [5, 5.41) is 3.43. The monoisotopic (exact) mass is 377 g/mol. The summed E-state index contributed by atoms with van der Waals surface area (Å²) in [6.45, 7) is 0. The molecule has 0 aliphatic heterocycles.